The number of aromatic carboxylic acids is 1. The lowest BCUT2D eigenvalue weighted by molar-refractivity contribution is -0.137. The average molecular weight is 384 g/mol. The number of nitrogens with zero attached hydrogens (tertiary/aromatic N) is 1. The van der Waals surface area contributed by atoms with Crippen LogP contribution in [0.2, 0.25) is 0 Å². The van der Waals surface area contributed by atoms with Crippen molar-refractivity contribution in [3.05, 3.63) is 58.7 Å². The normalized spacial score (nSPS) is 11.7. The molecule has 0 saturated heterocycles. The summed E-state index contributed by atoms with van der Waals surface area (Å²) in [6.45, 7) is 1.42. The molecule has 10 heteroatoms. The van der Waals surface area contributed by atoms with Gasteiger partial charge in [0.25, 0.3) is 10.0 Å². The Labute approximate surface area is 146 Å². The molecule has 0 aliphatic heterocycles. The van der Waals surface area contributed by atoms with Crippen LogP contribution in [0.4, 0.5) is 18.9 Å². The van der Waals surface area contributed by atoms with Crippen molar-refractivity contribution in [2.24, 2.45) is 0 Å². The molecule has 0 aliphatic carbocycles. The van der Waals surface area contributed by atoms with E-state index in [1.54, 1.807) is 0 Å². The van der Waals surface area contributed by atoms with Crippen molar-refractivity contribution < 1.29 is 31.5 Å². The second kappa shape index (κ2) is 6.68. The highest BCUT2D eigenvalue weighted by Gasteiger charge is 2.34. The van der Waals surface area contributed by atoms with E-state index in [0.717, 1.165) is 18.2 Å². The summed E-state index contributed by atoms with van der Waals surface area (Å²) in [6.07, 6.45) is -4.84. The van der Waals surface area contributed by atoms with Crippen LogP contribution in [-0.4, -0.2) is 19.5 Å². The van der Waals surface area contributed by atoms with Gasteiger partial charge in [0.05, 0.1) is 27.7 Å². The molecule has 0 radical (unpaired) electrons. The first-order valence-corrected chi connectivity index (χ1v) is 8.42. The van der Waals surface area contributed by atoms with Gasteiger partial charge in [0, 0.05) is 5.69 Å². The smallest absolute Gasteiger partial charge is 0.417 e. The maximum atomic E-state index is 13.0. The number of benzene rings is 2. The van der Waals surface area contributed by atoms with E-state index < -0.39 is 39.0 Å². The molecule has 2 N–H and O–H groups in total. The van der Waals surface area contributed by atoms with Crippen molar-refractivity contribution in [2.45, 2.75) is 18.0 Å². The molecule has 0 spiro atoms. The minimum absolute atomic E-state index is 0.215. The van der Waals surface area contributed by atoms with Gasteiger partial charge in [-0.2, -0.15) is 18.4 Å². The van der Waals surface area contributed by atoms with Gasteiger partial charge in [-0.05, 0) is 42.8 Å². The third-order valence-electron chi connectivity index (χ3n) is 3.42. The fourth-order valence-electron chi connectivity index (χ4n) is 2.17. The number of hydrogen-bond acceptors (Lipinski definition) is 4. The number of carboxylic acids is 1. The van der Waals surface area contributed by atoms with Gasteiger partial charge in [0.15, 0.2) is 0 Å². The Balaban J connectivity index is 2.50. The molecule has 0 bridgehead atoms. The lowest BCUT2D eigenvalue weighted by atomic mass is 10.1. The van der Waals surface area contributed by atoms with E-state index in [1.165, 1.54) is 25.1 Å². The van der Waals surface area contributed by atoms with Crippen LogP contribution in [0.5, 0.6) is 0 Å². The van der Waals surface area contributed by atoms with Gasteiger partial charge < -0.3 is 5.11 Å². The zero-order valence-corrected chi connectivity index (χ0v) is 13.9. The lowest BCUT2D eigenvalue weighted by Crippen LogP contribution is -2.16. The SMILES string of the molecule is Cc1ccc(C(=O)O)cc1S(=O)(=O)Nc1ccc(C#N)c(C(F)(F)F)c1. The molecule has 26 heavy (non-hydrogen) atoms. The first-order chi connectivity index (χ1) is 12.0. The number of rotatable bonds is 4. The third-order valence-corrected chi connectivity index (χ3v) is 4.95. The van der Waals surface area contributed by atoms with Crippen molar-refractivity contribution in [1.29, 1.82) is 5.26 Å². The van der Waals surface area contributed by atoms with E-state index in [2.05, 4.69) is 0 Å². The lowest BCUT2D eigenvalue weighted by Gasteiger charge is -2.14. The average Bonchev–Trinajstić information content (AvgIpc) is 2.53. The van der Waals surface area contributed by atoms with Crippen LogP contribution in [0.25, 0.3) is 0 Å². The Bertz CT molecular complexity index is 1020. The number of anilines is 1. The minimum atomic E-state index is -4.84. The molecule has 2 aromatic rings. The molecule has 0 heterocycles. The number of hydrogen-bond donors (Lipinski definition) is 2. The summed E-state index contributed by atoms with van der Waals surface area (Å²) in [5.74, 6) is -1.35. The summed E-state index contributed by atoms with van der Waals surface area (Å²) in [7, 11) is -4.35. The summed E-state index contributed by atoms with van der Waals surface area (Å²) in [5.41, 5.74) is -2.41. The number of carbonyl (C=O) groups is 1. The quantitative estimate of drug-likeness (QED) is 0.840. The zero-order chi connectivity index (χ0) is 19.7. The third kappa shape index (κ3) is 3.94. The molecule has 0 aliphatic rings. The van der Waals surface area contributed by atoms with Gasteiger partial charge in [-0.25, -0.2) is 13.2 Å². The fourth-order valence-corrected chi connectivity index (χ4v) is 3.49. The second-order valence-corrected chi connectivity index (χ2v) is 6.91. The Kier molecular flexibility index (Phi) is 4.95. The van der Waals surface area contributed by atoms with Crippen LogP contribution in [0.3, 0.4) is 0 Å². The molecule has 136 valence electrons. The van der Waals surface area contributed by atoms with E-state index in [0.29, 0.717) is 6.07 Å². The molecule has 0 unspecified atom stereocenters. The van der Waals surface area contributed by atoms with Gasteiger partial charge in [-0.15, -0.1) is 0 Å². The second-order valence-electron chi connectivity index (χ2n) is 5.26. The number of aryl methyl sites for hydroxylation is 1. The molecular weight excluding hydrogens is 373 g/mol. The molecular formula is C16H11F3N2O4S. The number of carboxylic acid groups (broad SMARTS) is 1. The first-order valence-electron chi connectivity index (χ1n) is 6.94. The summed E-state index contributed by atoms with van der Waals surface area (Å²) in [4.78, 5) is 10.6. The predicted octanol–water partition coefficient (Wildman–Crippen LogP) is 3.38. The molecule has 2 rings (SSSR count). The van der Waals surface area contributed by atoms with E-state index in [4.69, 9.17) is 10.4 Å². The predicted molar refractivity (Wildman–Crippen MR) is 85.1 cm³/mol. The monoisotopic (exact) mass is 384 g/mol. The molecule has 0 atom stereocenters. The van der Waals surface area contributed by atoms with Crippen molar-refractivity contribution >= 4 is 21.7 Å². The van der Waals surface area contributed by atoms with Gasteiger partial charge in [-0.1, -0.05) is 6.07 Å². The van der Waals surface area contributed by atoms with Gasteiger partial charge in [0.1, 0.15) is 0 Å². The summed E-state index contributed by atoms with van der Waals surface area (Å²) in [5, 5.41) is 17.7. The number of nitrogens with one attached hydrogen (secondary N) is 1. The summed E-state index contributed by atoms with van der Waals surface area (Å²) in [6, 6.07) is 7.16. The Morgan fingerprint density at radius 1 is 1.19 bits per heavy atom. The van der Waals surface area contributed by atoms with E-state index in [-0.39, 0.29) is 16.0 Å². The van der Waals surface area contributed by atoms with E-state index in [9.17, 15) is 26.4 Å². The minimum Gasteiger partial charge on any atom is -0.478 e. The van der Waals surface area contributed by atoms with Crippen molar-refractivity contribution in [3.63, 3.8) is 0 Å². The number of halogens is 3. The van der Waals surface area contributed by atoms with E-state index in [1.807, 2.05) is 4.72 Å². The topological polar surface area (TPSA) is 107 Å². The van der Waals surface area contributed by atoms with Crippen molar-refractivity contribution in [1.82, 2.24) is 0 Å². The number of nitriles is 1. The fraction of sp³-hybridized carbons (Fsp3) is 0.125. The molecule has 0 saturated carbocycles. The summed E-state index contributed by atoms with van der Waals surface area (Å²) >= 11 is 0. The van der Waals surface area contributed by atoms with Crippen molar-refractivity contribution in [3.8, 4) is 6.07 Å². The zero-order valence-electron chi connectivity index (χ0n) is 13.1. The van der Waals surface area contributed by atoms with E-state index >= 15 is 0 Å². The maximum Gasteiger partial charge on any atom is 0.417 e. The van der Waals surface area contributed by atoms with Crippen LogP contribution in [0.15, 0.2) is 41.3 Å². The summed E-state index contributed by atoms with van der Waals surface area (Å²) < 4.78 is 65.9. The first kappa shape index (κ1) is 19.3. The molecule has 2 aromatic carbocycles. The molecule has 0 aromatic heterocycles. The highest BCUT2D eigenvalue weighted by atomic mass is 32.2. The van der Waals surface area contributed by atoms with Gasteiger partial charge >= 0.3 is 12.1 Å². The van der Waals surface area contributed by atoms with Crippen LogP contribution < -0.4 is 4.72 Å². The largest absolute Gasteiger partial charge is 0.478 e. The maximum absolute atomic E-state index is 13.0. The standard InChI is InChI=1S/C16H11F3N2O4S/c1-9-2-3-10(15(22)23)6-14(9)26(24,25)21-12-5-4-11(8-20)13(7-12)16(17,18)19/h2-7,21H,1H3,(H,22,23). The number of alkyl halides is 3. The van der Waals surface area contributed by atoms with Crippen LogP contribution >= 0.6 is 0 Å². The molecule has 6 nitrogen and oxygen atoms in total. The van der Waals surface area contributed by atoms with Gasteiger partial charge in [-0.3, -0.25) is 4.72 Å². The van der Waals surface area contributed by atoms with Crippen LogP contribution in [0, 0.1) is 18.3 Å². The van der Waals surface area contributed by atoms with Crippen molar-refractivity contribution in [2.75, 3.05) is 4.72 Å². The van der Waals surface area contributed by atoms with Crippen LogP contribution in [-0.2, 0) is 16.2 Å². The highest BCUT2D eigenvalue weighted by Crippen LogP contribution is 2.34. The molecule has 0 amide bonds. The van der Waals surface area contributed by atoms with Crippen LogP contribution in [0.1, 0.15) is 27.0 Å². The Hall–Kier alpha value is -3.06. The highest BCUT2D eigenvalue weighted by molar-refractivity contribution is 7.92. The molecule has 0 fully saturated rings. The Morgan fingerprint density at radius 3 is 2.38 bits per heavy atom. The van der Waals surface area contributed by atoms with Gasteiger partial charge in [0.2, 0.25) is 0 Å². The Morgan fingerprint density at radius 2 is 1.85 bits per heavy atom. The number of sulfonamides is 1.